The molecule has 23 heavy (non-hydrogen) atoms. The van der Waals surface area contributed by atoms with Crippen molar-refractivity contribution in [2.24, 2.45) is 0 Å². The van der Waals surface area contributed by atoms with Crippen LogP contribution in [0.2, 0.25) is 5.02 Å². The number of nitrogens with zero attached hydrogens (tertiary/aromatic N) is 1. The Bertz CT molecular complexity index is 796. The fraction of sp³-hybridized carbons (Fsp3) is 0.176. The first kappa shape index (κ1) is 16.0. The van der Waals surface area contributed by atoms with Crippen LogP contribution in [0.25, 0.3) is 0 Å². The van der Waals surface area contributed by atoms with Gasteiger partial charge in [0.15, 0.2) is 0 Å². The van der Waals surface area contributed by atoms with E-state index in [9.17, 15) is 9.59 Å². The minimum atomic E-state index is -1.07. The summed E-state index contributed by atoms with van der Waals surface area (Å²) in [5, 5.41) is 3.37. The molecule has 1 aliphatic heterocycles. The van der Waals surface area contributed by atoms with Crippen LogP contribution in [0.5, 0.6) is 0 Å². The Morgan fingerprint density at radius 3 is 2.61 bits per heavy atom. The average molecular weight is 394 g/mol. The van der Waals surface area contributed by atoms with Crippen LogP contribution in [0.3, 0.4) is 0 Å². The molecule has 0 saturated carbocycles. The van der Waals surface area contributed by atoms with E-state index in [0.29, 0.717) is 5.02 Å². The van der Waals surface area contributed by atoms with Gasteiger partial charge < -0.3 is 5.32 Å². The molecule has 1 N–H and O–H groups in total. The van der Waals surface area contributed by atoms with Crippen molar-refractivity contribution in [1.29, 1.82) is 0 Å². The third-order valence-electron chi connectivity index (χ3n) is 3.91. The number of hydrogen-bond acceptors (Lipinski definition) is 2. The Morgan fingerprint density at radius 2 is 1.91 bits per heavy atom. The first-order valence-corrected chi connectivity index (χ1v) is 8.22. The van der Waals surface area contributed by atoms with E-state index in [1.54, 1.807) is 25.1 Å². The van der Waals surface area contributed by atoms with Gasteiger partial charge in [-0.25, -0.2) is 4.79 Å². The SMILES string of the molecule is C[C@]1(c2cccc(Br)c2)NC(=O)N(Cc2cccc(Cl)c2)C1=O. The van der Waals surface area contributed by atoms with Gasteiger partial charge in [0.2, 0.25) is 0 Å². The van der Waals surface area contributed by atoms with Crippen molar-refractivity contribution in [3.8, 4) is 0 Å². The quantitative estimate of drug-likeness (QED) is 0.799. The Labute approximate surface area is 147 Å². The Balaban J connectivity index is 1.90. The van der Waals surface area contributed by atoms with E-state index in [1.165, 1.54) is 4.90 Å². The fourth-order valence-electron chi connectivity index (χ4n) is 2.65. The summed E-state index contributed by atoms with van der Waals surface area (Å²) >= 11 is 9.36. The maximum absolute atomic E-state index is 12.8. The zero-order chi connectivity index (χ0) is 16.6. The lowest BCUT2D eigenvalue weighted by molar-refractivity contribution is -0.131. The summed E-state index contributed by atoms with van der Waals surface area (Å²) in [4.78, 5) is 26.3. The standard InChI is InChI=1S/C17H14BrClN2O2/c1-17(12-5-3-6-13(18)9-12)15(22)21(16(23)20-17)10-11-4-2-7-14(19)8-11/h2-9H,10H2,1H3,(H,20,23)/t17-/m1/s1. The normalized spacial score (nSPS) is 20.7. The van der Waals surface area contributed by atoms with E-state index in [0.717, 1.165) is 15.6 Å². The molecule has 0 unspecified atom stereocenters. The third-order valence-corrected chi connectivity index (χ3v) is 4.64. The number of hydrogen-bond donors (Lipinski definition) is 1. The van der Waals surface area contributed by atoms with Gasteiger partial charge in [0.1, 0.15) is 5.54 Å². The van der Waals surface area contributed by atoms with Crippen molar-refractivity contribution in [1.82, 2.24) is 10.2 Å². The molecule has 118 valence electrons. The van der Waals surface area contributed by atoms with Crippen LogP contribution < -0.4 is 5.32 Å². The zero-order valence-electron chi connectivity index (χ0n) is 12.3. The van der Waals surface area contributed by atoms with Crippen LogP contribution in [0, 0.1) is 0 Å². The van der Waals surface area contributed by atoms with Gasteiger partial charge in [-0.2, -0.15) is 0 Å². The summed E-state index contributed by atoms with van der Waals surface area (Å²) in [5.41, 5.74) is 0.470. The Hall–Kier alpha value is -1.85. The van der Waals surface area contributed by atoms with Gasteiger partial charge in [-0.15, -0.1) is 0 Å². The highest BCUT2D eigenvalue weighted by Crippen LogP contribution is 2.31. The molecule has 4 nitrogen and oxygen atoms in total. The van der Waals surface area contributed by atoms with Crippen molar-refractivity contribution >= 4 is 39.5 Å². The molecule has 1 saturated heterocycles. The van der Waals surface area contributed by atoms with Crippen molar-refractivity contribution in [3.63, 3.8) is 0 Å². The van der Waals surface area contributed by atoms with E-state index in [-0.39, 0.29) is 12.5 Å². The topological polar surface area (TPSA) is 49.4 Å². The molecule has 0 radical (unpaired) electrons. The summed E-state index contributed by atoms with van der Waals surface area (Å²) in [6.07, 6.45) is 0. The number of urea groups is 1. The van der Waals surface area contributed by atoms with Crippen LogP contribution in [0.4, 0.5) is 4.79 Å². The van der Waals surface area contributed by atoms with Gasteiger partial charge in [-0.05, 0) is 42.3 Å². The molecule has 0 aliphatic carbocycles. The Kier molecular flexibility index (Phi) is 4.17. The number of imide groups is 1. The van der Waals surface area contributed by atoms with Crippen LogP contribution in [0.1, 0.15) is 18.1 Å². The van der Waals surface area contributed by atoms with E-state index < -0.39 is 11.6 Å². The number of carbonyl (C=O) groups is 2. The van der Waals surface area contributed by atoms with Crippen molar-refractivity contribution in [3.05, 3.63) is 69.2 Å². The molecular formula is C17H14BrClN2O2. The second-order valence-corrected chi connectivity index (χ2v) is 6.94. The monoisotopic (exact) mass is 392 g/mol. The molecule has 0 spiro atoms. The lowest BCUT2D eigenvalue weighted by Gasteiger charge is -2.22. The first-order valence-electron chi connectivity index (χ1n) is 7.05. The number of amides is 3. The predicted octanol–water partition coefficient (Wildman–Crippen LogP) is 4.07. The molecule has 1 heterocycles. The molecule has 1 fully saturated rings. The summed E-state index contributed by atoms with van der Waals surface area (Å²) < 4.78 is 0.853. The first-order chi connectivity index (χ1) is 10.9. The maximum atomic E-state index is 12.8. The lowest BCUT2D eigenvalue weighted by atomic mass is 9.92. The molecule has 2 aromatic rings. The second kappa shape index (κ2) is 5.98. The van der Waals surface area contributed by atoms with E-state index in [4.69, 9.17) is 11.6 Å². The summed E-state index contributed by atoms with van der Waals surface area (Å²) in [7, 11) is 0. The van der Waals surface area contributed by atoms with Gasteiger partial charge in [0.25, 0.3) is 5.91 Å². The lowest BCUT2D eigenvalue weighted by Crippen LogP contribution is -2.40. The molecule has 6 heteroatoms. The third kappa shape index (κ3) is 2.99. The number of benzene rings is 2. The number of carbonyl (C=O) groups excluding carboxylic acids is 2. The second-order valence-electron chi connectivity index (χ2n) is 5.59. The van der Waals surface area contributed by atoms with Crippen LogP contribution in [-0.4, -0.2) is 16.8 Å². The summed E-state index contributed by atoms with van der Waals surface area (Å²) in [6.45, 7) is 1.90. The molecule has 0 aromatic heterocycles. The van der Waals surface area contributed by atoms with E-state index in [2.05, 4.69) is 21.2 Å². The minimum absolute atomic E-state index is 0.189. The molecule has 1 aliphatic rings. The maximum Gasteiger partial charge on any atom is 0.325 e. The highest BCUT2D eigenvalue weighted by Gasteiger charge is 2.48. The molecule has 2 aromatic carbocycles. The van der Waals surface area contributed by atoms with Gasteiger partial charge >= 0.3 is 6.03 Å². The van der Waals surface area contributed by atoms with E-state index >= 15 is 0 Å². The molecule has 0 bridgehead atoms. The van der Waals surface area contributed by atoms with Gasteiger partial charge in [-0.1, -0.05) is 51.8 Å². The molecule has 1 atom stereocenters. The number of nitrogens with one attached hydrogen (secondary N) is 1. The van der Waals surface area contributed by atoms with Crippen LogP contribution in [0.15, 0.2) is 53.0 Å². The van der Waals surface area contributed by atoms with Crippen molar-refractivity contribution < 1.29 is 9.59 Å². The zero-order valence-corrected chi connectivity index (χ0v) is 14.7. The highest BCUT2D eigenvalue weighted by atomic mass is 79.9. The van der Waals surface area contributed by atoms with Crippen molar-refractivity contribution in [2.45, 2.75) is 19.0 Å². The summed E-state index contributed by atoms with van der Waals surface area (Å²) in [6, 6.07) is 14.1. The van der Waals surface area contributed by atoms with E-state index in [1.807, 2.05) is 30.3 Å². The molecule has 3 amide bonds. The van der Waals surface area contributed by atoms with Crippen LogP contribution in [-0.2, 0) is 16.9 Å². The highest BCUT2D eigenvalue weighted by molar-refractivity contribution is 9.10. The van der Waals surface area contributed by atoms with Crippen LogP contribution >= 0.6 is 27.5 Å². The largest absolute Gasteiger partial charge is 0.325 e. The molecule has 3 rings (SSSR count). The smallest absolute Gasteiger partial charge is 0.319 e. The fourth-order valence-corrected chi connectivity index (χ4v) is 3.27. The number of halogens is 2. The Morgan fingerprint density at radius 1 is 1.17 bits per heavy atom. The predicted molar refractivity (Wildman–Crippen MR) is 92.0 cm³/mol. The van der Waals surface area contributed by atoms with Gasteiger partial charge in [0.05, 0.1) is 6.54 Å². The average Bonchev–Trinajstić information content (AvgIpc) is 2.72. The van der Waals surface area contributed by atoms with Crippen molar-refractivity contribution in [2.75, 3.05) is 0 Å². The van der Waals surface area contributed by atoms with Gasteiger partial charge in [-0.3, -0.25) is 9.69 Å². The molecular weight excluding hydrogens is 380 g/mol. The van der Waals surface area contributed by atoms with Gasteiger partial charge in [0, 0.05) is 9.50 Å². The number of rotatable bonds is 3. The summed E-state index contributed by atoms with van der Waals surface area (Å²) in [5.74, 6) is -0.277. The minimum Gasteiger partial charge on any atom is -0.319 e.